The summed E-state index contributed by atoms with van der Waals surface area (Å²) in [6.07, 6.45) is 0. The van der Waals surface area contributed by atoms with Crippen LogP contribution in [0.25, 0.3) is 0 Å². The van der Waals surface area contributed by atoms with E-state index in [1.807, 2.05) is 13.8 Å². The monoisotopic (exact) mass is 277 g/mol. The van der Waals surface area contributed by atoms with Gasteiger partial charge in [-0.2, -0.15) is 0 Å². The summed E-state index contributed by atoms with van der Waals surface area (Å²) in [5.74, 6) is -0.326. The van der Waals surface area contributed by atoms with Gasteiger partial charge in [0.05, 0.1) is 18.2 Å². The van der Waals surface area contributed by atoms with Gasteiger partial charge < -0.3 is 10.4 Å². The van der Waals surface area contributed by atoms with Gasteiger partial charge in [0.25, 0.3) is 5.91 Å². The van der Waals surface area contributed by atoms with Crippen LogP contribution in [-0.2, 0) is 0 Å². The van der Waals surface area contributed by atoms with Crippen LogP contribution in [0.1, 0.15) is 24.2 Å². The molecule has 0 saturated heterocycles. The standard InChI is InChI=1S/C10H13Cl2N3O2/c1-5(2)7(4-16)13-10(17)6-3-8(11)14-15-9(6)12/h3,5,7,16H,4H2,1-2H3,(H,13,17). The molecule has 1 aromatic rings. The smallest absolute Gasteiger partial charge is 0.254 e. The van der Waals surface area contributed by atoms with Gasteiger partial charge in [-0.1, -0.05) is 37.0 Å². The van der Waals surface area contributed by atoms with Gasteiger partial charge in [-0.15, -0.1) is 10.2 Å². The Morgan fingerprint density at radius 3 is 2.65 bits per heavy atom. The maximum absolute atomic E-state index is 11.9. The fourth-order valence-corrected chi connectivity index (χ4v) is 1.51. The molecule has 1 unspecified atom stereocenters. The number of amides is 1. The van der Waals surface area contributed by atoms with Crippen molar-refractivity contribution in [3.05, 3.63) is 21.9 Å². The summed E-state index contributed by atoms with van der Waals surface area (Å²) < 4.78 is 0. The van der Waals surface area contributed by atoms with Gasteiger partial charge in [0.15, 0.2) is 10.3 Å². The number of carbonyl (C=O) groups excluding carboxylic acids is 1. The first-order valence-electron chi connectivity index (χ1n) is 5.06. The van der Waals surface area contributed by atoms with E-state index in [1.165, 1.54) is 6.07 Å². The normalized spacial score (nSPS) is 12.6. The summed E-state index contributed by atoms with van der Waals surface area (Å²) in [6.45, 7) is 3.63. The molecular formula is C10H13Cl2N3O2. The minimum absolute atomic E-state index is 0.0210. The van der Waals surface area contributed by atoms with Gasteiger partial charge in [0.2, 0.25) is 0 Å². The van der Waals surface area contributed by atoms with Crippen molar-refractivity contribution < 1.29 is 9.90 Å². The van der Waals surface area contributed by atoms with E-state index >= 15 is 0 Å². The maximum atomic E-state index is 11.9. The molecule has 1 atom stereocenters. The van der Waals surface area contributed by atoms with Crippen molar-refractivity contribution in [3.63, 3.8) is 0 Å². The number of hydrogen-bond acceptors (Lipinski definition) is 4. The van der Waals surface area contributed by atoms with Crippen LogP contribution in [0.4, 0.5) is 0 Å². The Hall–Kier alpha value is -0.910. The average Bonchev–Trinajstić information content (AvgIpc) is 2.28. The first-order chi connectivity index (χ1) is 7.95. The van der Waals surface area contributed by atoms with Gasteiger partial charge in [-0.3, -0.25) is 4.79 Å². The zero-order valence-electron chi connectivity index (χ0n) is 9.44. The van der Waals surface area contributed by atoms with Crippen molar-refractivity contribution in [2.24, 2.45) is 5.92 Å². The average molecular weight is 278 g/mol. The second-order valence-corrected chi connectivity index (χ2v) is 4.62. The third-order valence-electron chi connectivity index (χ3n) is 2.28. The Kier molecular flexibility index (Phi) is 5.11. The second kappa shape index (κ2) is 6.14. The molecule has 0 aliphatic heterocycles. The van der Waals surface area contributed by atoms with E-state index in [-0.39, 0.29) is 34.4 Å². The lowest BCUT2D eigenvalue weighted by molar-refractivity contribution is 0.0896. The highest BCUT2D eigenvalue weighted by molar-refractivity contribution is 6.34. The van der Waals surface area contributed by atoms with Crippen molar-refractivity contribution in [1.29, 1.82) is 0 Å². The fourth-order valence-electron chi connectivity index (χ4n) is 1.18. The van der Waals surface area contributed by atoms with Crippen LogP contribution < -0.4 is 5.32 Å². The third-order valence-corrected chi connectivity index (χ3v) is 2.75. The van der Waals surface area contributed by atoms with Crippen LogP contribution in [0.2, 0.25) is 10.3 Å². The van der Waals surface area contributed by atoms with Crippen molar-refractivity contribution in [2.45, 2.75) is 19.9 Å². The lowest BCUT2D eigenvalue weighted by Crippen LogP contribution is -2.41. The molecule has 7 heteroatoms. The number of hydrogen-bond donors (Lipinski definition) is 2. The van der Waals surface area contributed by atoms with Gasteiger partial charge in [0, 0.05) is 0 Å². The maximum Gasteiger partial charge on any atom is 0.254 e. The van der Waals surface area contributed by atoms with E-state index in [9.17, 15) is 4.79 Å². The number of nitrogens with zero attached hydrogens (tertiary/aromatic N) is 2. The van der Waals surface area contributed by atoms with Crippen LogP contribution in [0.5, 0.6) is 0 Å². The lowest BCUT2D eigenvalue weighted by Gasteiger charge is -2.19. The van der Waals surface area contributed by atoms with Crippen LogP contribution >= 0.6 is 23.2 Å². The van der Waals surface area contributed by atoms with Gasteiger partial charge in [0.1, 0.15) is 0 Å². The molecule has 0 aliphatic carbocycles. The summed E-state index contributed by atoms with van der Waals surface area (Å²) in [5, 5.41) is 18.9. The molecule has 1 rings (SSSR count). The van der Waals surface area contributed by atoms with E-state index < -0.39 is 5.91 Å². The number of aliphatic hydroxyl groups excluding tert-OH is 1. The first kappa shape index (κ1) is 14.2. The van der Waals surface area contributed by atoms with E-state index in [0.29, 0.717) is 0 Å². The molecular weight excluding hydrogens is 265 g/mol. The van der Waals surface area contributed by atoms with Crippen molar-refractivity contribution >= 4 is 29.1 Å². The highest BCUT2D eigenvalue weighted by atomic mass is 35.5. The molecule has 0 saturated carbocycles. The molecule has 1 aromatic heterocycles. The SMILES string of the molecule is CC(C)C(CO)NC(=O)c1cc(Cl)nnc1Cl. The van der Waals surface area contributed by atoms with Crippen molar-refractivity contribution in [3.8, 4) is 0 Å². The van der Waals surface area contributed by atoms with Gasteiger partial charge in [-0.05, 0) is 12.0 Å². The molecule has 0 spiro atoms. The highest BCUT2D eigenvalue weighted by Crippen LogP contribution is 2.15. The third kappa shape index (κ3) is 3.80. The zero-order chi connectivity index (χ0) is 13.0. The van der Waals surface area contributed by atoms with E-state index in [1.54, 1.807) is 0 Å². The summed E-state index contributed by atoms with van der Waals surface area (Å²) in [5.41, 5.74) is 0.144. The summed E-state index contributed by atoms with van der Waals surface area (Å²) in [4.78, 5) is 11.9. The summed E-state index contributed by atoms with van der Waals surface area (Å²) >= 11 is 11.4. The molecule has 0 aliphatic rings. The Morgan fingerprint density at radius 2 is 2.12 bits per heavy atom. The van der Waals surface area contributed by atoms with E-state index in [2.05, 4.69) is 15.5 Å². The number of nitrogens with one attached hydrogen (secondary N) is 1. The zero-order valence-corrected chi connectivity index (χ0v) is 11.0. The van der Waals surface area contributed by atoms with Crippen LogP contribution in [-0.4, -0.2) is 33.9 Å². The fraction of sp³-hybridized carbons (Fsp3) is 0.500. The van der Waals surface area contributed by atoms with Crippen molar-refractivity contribution in [2.75, 3.05) is 6.61 Å². The number of aliphatic hydroxyl groups is 1. The van der Waals surface area contributed by atoms with Crippen LogP contribution in [0.3, 0.4) is 0 Å². The number of carbonyl (C=O) groups is 1. The topological polar surface area (TPSA) is 75.1 Å². The summed E-state index contributed by atoms with van der Waals surface area (Å²) in [7, 11) is 0. The minimum Gasteiger partial charge on any atom is -0.394 e. The van der Waals surface area contributed by atoms with Crippen LogP contribution in [0.15, 0.2) is 6.07 Å². The Morgan fingerprint density at radius 1 is 1.47 bits per heavy atom. The Bertz CT molecular complexity index is 413. The molecule has 1 amide bonds. The molecule has 17 heavy (non-hydrogen) atoms. The van der Waals surface area contributed by atoms with Gasteiger partial charge in [-0.25, -0.2) is 0 Å². The highest BCUT2D eigenvalue weighted by Gasteiger charge is 2.19. The molecule has 5 nitrogen and oxygen atoms in total. The van der Waals surface area contributed by atoms with E-state index in [0.717, 1.165) is 0 Å². The first-order valence-corrected chi connectivity index (χ1v) is 5.81. The lowest BCUT2D eigenvalue weighted by atomic mass is 10.1. The van der Waals surface area contributed by atoms with E-state index in [4.69, 9.17) is 28.3 Å². The molecule has 0 bridgehead atoms. The molecule has 0 fully saturated rings. The predicted octanol–water partition coefficient (Wildman–Crippen LogP) is 1.53. The number of halogens is 2. The van der Waals surface area contributed by atoms with Gasteiger partial charge >= 0.3 is 0 Å². The molecule has 2 N–H and O–H groups in total. The molecule has 94 valence electrons. The molecule has 0 aromatic carbocycles. The largest absolute Gasteiger partial charge is 0.394 e. The molecule has 1 heterocycles. The summed E-state index contributed by atoms with van der Waals surface area (Å²) in [6, 6.07) is 0.992. The second-order valence-electron chi connectivity index (χ2n) is 3.88. The predicted molar refractivity (Wildman–Crippen MR) is 65.2 cm³/mol. The Labute approximate surface area is 109 Å². The quantitative estimate of drug-likeness (QED) is 0.875. The van der Waals surface area contributed by atoms with Crippen molar-refractivity contribution in [1.82, 2.24) is 15.5 Å². The Balaban J connectivity index is 2.86. The molecule has 0 radical (unpaired) electrons. The minimum atomic E-state index is -0.431. The van der Waals surface area contributed by atoms with Crippen LogP contribution in [0, 0.1) is 5.92 Å². The number of rotatable bonds is 4. The number of aromatic nitrogens is 2.